The number of likely N-dealkylation sites (N-methyl/N-ethyl adjacent to an activating group) is 1. The lowest BCUT2D eigenvalue weighted by Crippen LogP contribution is -2.51. The number of hydrogen-bond donors (Lipinski definition) is 2. The highest BCUT2D eigenvalue weighted by Crippen LogP contribution is 2.31. The number of nitrogen functional groups attached to an aromatic ring is 1. The number of nitriles is 1. The van der Waals surface area contributed by atoms with Gasteiger partial charge in [0, 0.05) is 32.7 Å². The molecular weight excluding hydrogens is 440 g/mol. The number of nitrogens with one attached hydrogen (secondary N) is 1. The Bertz CT molecular complexity index is 1350. The van der Waals surface area contributed by atoms with Gasteiger partial charge in [0.25, 0.3) is 0 Å². The predicted octanol–water partition coefficient (Wildman–Crippen LogP) is 3.46. The summed E-state index contributed by atoms with van der Waals surface area (Å²) in [6.45, 7) is 7.32. The van der Waals surface area contributed by atoms with Gasteiger partial charge in [-0.15, -0.1) is 0 Å². The first-order valence-electron chi connectivity index (χ1n) is 11.6. The lowest BCUT2D eigenvalue weighted by atomic mass is 10.0. The Balaban J connectivity index is 1.80. The van der Waals surface area contributed by atoms with Crippen LogP contribution in [0.15, 0.2) is 43.1 Å². The largest absolute Gasteiger partial charge is 0.382 e. The highest BCUT2D eigenvalue weighted by Gasteiger charge is 2.29. The minimum atomic E-state index is -0.143. The van der Waals surface area contributed by atoms with Crippen molar-refractivity contribution in [3.63, 3.8) is 0 Å². The summed E-state index contributed by atoms with van der Waals surface area (Å²) in [6.07, 6.45) is 7.26. The van der Waals surface area contributed by atoms with Crippen molar-refractivity contribution in [1.82, 2.24) is 24.8 Å². The molecule has 3 aromatic rings. The van der Waals surface area contributed by atoms with Crippen LogP contribution in [0.1, 0.15) is 35.1 Å². The Morgan fingerprint density at radius 3 is 2.86 bits per heavy atom. The van der Waals surface area contributed by atoms with Gasteiger partial charge in [-0.3, -0.25) is 0 Å². The van der Waals surface area contributed by atoms with E-state index in [1.165, 1.54) is 4.52 Å². The number of benzene rings is 1. The van der Waals surface area contributed by atoms with Crippen molar-refractivity contribution in [3.05, 3.63) is 65.4 Å². The summed E-state index contributed by atoms with van der Waals surface area (Å²) in [6, 6.07) is 10.2. The number of aryl methyl sites for hydroxylation is 1. The van der Waals surface area contributed by atoms with E-state index >= 15 is 0 Å². The second-order valence-corrected chi connectivity index (χ2v) is 8.67. The number of anilines is 2. The summed E-state index contributed by atoms with van der Waals surface area (Å²) in [5.74, 6) is 0.744. The molecule has 180 valence electrons. The molecule has 1 fully saturated rings. The van der Waals surface area contributed by atoms with Crippen molar-refractivity contribution < 1.29 is 4.79 Å². The first-order chi connectivity index (χ1) is 16.9. The molecule has 3 heterocycles. The number of hydrogen-bond acceptors (Lipinski definition) is 6. The molecular formula is C26H30N8O. The van der Waals surface area contributed by atoms with Gasteiger partial charge in [0.2, 0.25) is 0 Å². The van der Waals surface area contributed by atoms with Crippen LogP contribution in [0.5, 0.6) is 0 Å². The Hall–Kier alpha value is -4.32. The summed E-state index contributed by atoms with van der Waals surface area (Å²) in [5.41, 5.74) is 11.1. The van der Waals surface area contributed by atoms with Gasteiger partial charge in [0.05, 0.1) is 12.2 Å². The predicted molar refractivity (Wildman–Crippen MR) is 139 cm³/mol. The molecule has 9 heteroatoms. The van der Waals surface area contributed by atoms with Gasteiger partial charge >= 0.3 is 6.03 Å². The van der Waals surface area contributed by atoms with E-state index < -0.39 is 0 Å². The van der Waals surface area contributed by atoms with Crippen LogP contribution < -0.4 is 16.0 Å². The van der Waals surface area contributed by atoms with Crippen molar-refractivity contribution in [2.24, 2.45) is 0 Å². The third-order valence-electron chi connectivity index (χ3n) is 6.58. The summed E-state index contributed by atoms with van der Waals surface area (Å²) in [7, 11) is 3.40. The van der Waals surface area contributed by atoms with E-state index in [4.69, 9.17) is 10.7 Å². The van der Waals surface area contributed by atoms with Crippen LogP contribution in [0.3, 0.4) is 0 Å². The van der Waals surface area contributed by atoms with E-state index in [-0.39, 0.29) is 23.5 Å². The standard InChI is InChI=1S/C26H30N8O/c1-5-18(13-19-10-7-6-9-17(19)2)22-15-30-34-23(28)21(14-27)24(31-25(22)34)33-12-8-11-20(16-33)32(4)26(35)29-3/h5-7,9-10,13,15,20H,1,8,11-12,16,28H2,2-4H3,(H,29,35)/b18-13+/t20-/m0/s1. The lowest BCUT2D eigenvalue weighted by Gasteiger charge is -2.38. The van der Waals surface area contributed by atoms with E-state index in [1.54, 1.807) is 31.3 Å². The van der Waals surface area contributed by atoms with Gasteiger partial charge in [0.1, 0.15) is 17.5 Å². The van der Waals surface area contributed by atoms with Crippen molar-refractivity contribution in [2.45, 2.75) is 25.8 Å². The van der Waals surface area contributed by atoms with Gasteiger partial charge in [0.15, 0.2) is 11.5 Å². The zero-order valence-corrected chi connectivity index (χ0v) is 20.3. The average Bonchev–Trinajstić information content (AvgIpc) is 3.31. The highest BCUT2D eigenvalue weighted by atomic mass is 16.2. The van der Waals surface area contributed by atoms with Crippen LogP contribution >= 0.6 is 0 Å². The second kappa shape index (κ2) is 9.89. The fraction of sp³-hybridized carbons (Fsp3) is 0.308. The van der Waals surface area contributed by atoms with Crippen molar-refractivity contribution in [3.8, 4) is 6.07 Å². The fourth-order valence-electron chi connectivity index (χ4n) is 4.51. The number of carbonyl (C=O) groups is 1. The number of fused-ring (bicyclic) bond motifs is 1. The van der Waals surface area contributed by atoms with E-state index in [2.05, 4.69) is 36.1 Å². The molecule has 9 nitrogen and oxygen atoms in total. The second-order valence-electron chi connectivity index (χ2n) is 8.67. The van der Waals surface area contributed by atoms with Crippen LogP contribution in [0.2, 0.25) is 0 Å². The first-order valence-corrected chi connectivity index (χ1v) is 11.6. The number of aromatic nitrogens is 3. The van der Waals surface area contributed by atoms with Gasteiger partial charge in [-0.25, -0.2) is 9.78 Å². The SMILES string of the molecule is C=C/C(=C\c1ccccc1C)c1cnn2c(N)c(C#N)c(N3CCC[C@H](N(C)C(=O)NC)C3)nc12. The zero-order valence-electron chi connectivity index (χ0n) is 20.3. The molecule has 1 aliphatic rings. The molecule has 0 saturated carbocycles. The normalized spacial score (nSPS) is 16.1. The Labute approximate surface area is 205 Å². The van der Waals surface area contributed by atoms with E-state index in [0.29, 0.717) is 24.6 Å². The third-order valence-corrected chi connectivity index (χ3v) is 6.58. The average molecular weight is 471 g/mol. The van der Waals surface area contributed by atoms with Crippen LogP contribution in [-0.2, 0) is 0 Å². The highest BCUT2D eigenvalue weighted by molar-refractivity contribution is 5.93. The molecule has 4 rings (SSSR count). The van der Waals surface area contributed by atoms with E-state index in [1.807, 2.05) is 29.2 Å². The Morgan fingerprint density at radius 1 is 1.40 bits per heavy atom. The molecule has 1 aliphatic heterocycles. The summed E-state index contributed by atoms with van der Waals surface area (Å²) in [5, 5.41) is 17.0. The van der Waals surface area contributed by atoms with Crippen molar-refractivity contribution in [1.29, 1.82) is 5.26 Å². The molecule has 35 heavy (non-hydrogen) atoms. The number of nitrogens with zero attached hydrogens (tertiary/aromatic N) is 6. The summed E-state index contributed by atoms with van der Waals surface area (Å²) >= 11 is 0. The number of piperidine rings is 1. The maximum atomic E-state index is 12.2. The monoisotopic (exact) mass is 470 g/mol. The minimum Gasteiger partial charge on any atom is -0.382 e. The van der Waals surface area contributed by atoms with Gasteiger partial charge in [-0.05, 0) is 42.5 Å². The number of rotatable bonds is 5. The zero-order chi connectivity index (χ0) is 25.1. The smallest absolute Gasteiger partial charge is 0.317 e. The van der Waals surface area contributed by atoms with Gasteiger partial charge < -0.3 is 20.9 Å². The molecule has 0 unspecified atom stereocenters. The lowest BCUT2D eigenvalue weighted by molar-refractivity contribution is 0.184. The number of carbonyl (C=O) groups excluding carboxylic acids is 1. The number of urea groups is 1. The van der Waals surface area contributed by atoms with Gasteiger partial charge in [-0.2, -0.15) is 14.9 Å². The van der Waals surface area contributed by atoms with Crippen LogP contribution in [0.25, 0.3) is 17.3 Å². The van der Waals surface area contributed by atoms with Crippen LogP contribution in [-0.4, -0.2) is 58.8 Å². The van der Waals surface area contributed by atoms with Crippen LogP contribution in [0, 0.1) is 18.3 Å². The Kier molecular flexibility index (Phi) is 6.73. The molecule has 0 radical (unpaired) electrons. The molecule has 1 saturated heterocycles. The molecule has 0 bridgehead atoms. The molecule has 3 N–H and O–H groups in total. The molecule has 1 atom stereocenters. The van der Waals surface area contributed by atoms with Crippen molar-refractivity contribution in [2.75, 3.05) is 37.8 Å². The number of amides is 2. The molecule has 2 aromatic heterocycles. The number of allylic oxidation sites excluding steroid dienone is 2. The fourth-order valence-corrected chi connectivity index (χ4v) is 4.51. The minimum absolute atomic E-state index is 0.0106. The van der Waals surface area contributed by atoms with Crippen LogP contribution in [0.4, 0.5) is 16.4 Å². The maximum Gasteiger partial charge on any atom is 0.317 e. The maximum absolute atomic E-state index is 12.2. The first kappa shape index (κ1) is 23.8. The topological polar surface area (TPSA) is 116 Å². The molecule has 0 aliphatic carbocycles. The summed E-state index contributed by atoms with van der Waals surface area (Å²) < 4.78 is 1.50. The summed E-state index contributed by atoms with van der Waals surface area (Å²) in [4.78, 5) is 20.8. The molecule has 1 aromatic carbocycles. The quantitative estimate of drug-likeness (QED) is 0.552. The number of nitrogens with two attached hydrogens (primary N) is 1. The molecule has 0 spiro atoms. The van der Waals surface area contributed by atoms with E-state index in [0.717, 1.165) is 35.1 Å². The van der Waals surface area contributed by atoms with Gasteiger partial charge in [-0.1, -0.05) is 36.9 Å². The van der Waals surface area contributed by atoms with E-state index in [9.17, 15) is 10.1 Å². The van der Waals surface area contributed by atoms with Crippen molar-refractivity contribution >= 4 is 35.0 Å². The Morgan fingerprint density at radius 2 is 2.17 bits per heavy atom. The molecule has 2 amide bonds. The third kappa shape index (κ3) is 4.43.